The Hall–Kier alpha value is -1.28. The van der Waals surface area contributed by atoms with Crippen LogP contribution in [0.3, 0.4) is 0 Å². The lowest BCUT2D eigenvalue weighted by Gasteiger charge is -2.74. The molecule has 0 aromatic carbocycles. The van der Waals surface area contributed by atoms with Crippen LogP contribution in [0, 0.1) is 34.0 Å². The Morgan fingerprint density at radius 1 is 1.21 bits per heavy atom. The van der Waals surface area contributed by atoms with E-state index in [2.05, 4.69) is 27.4 Å². The zero-order chi connectivity index (χ0) is 24.0. The third-order valence-electron chi connectivity index (χ3n) is 10.1. The SMILES string of the molecule is C=C1C(=O)[C@@]23C(CC[C@@H]1[C@H]2OC(=O)CCCCC)[C@@]12CO[C@@]3(O)[C@@H](O)[C@@H]1C(C)(C)CC[C@@H]2O. The minimum Gasteiger partial charge on any atom is -0.460 e. The van der Waals surface area contributed by atoms with Gasteiger partial charge in [0.1, 0.15) is 17.6 Å². The zero-order valence-corrected chi connectivity index (χ0v) is 20.0. The second-order valence-electron chi connectivity index (χ2n) is 11.9. The molecule has 0 aromatic heterocycles. The number of esters is 1. The average molecular weight is 463 g/mol. The van der Waals surface area contributed by atoms with Crippen molar-refractivity contribution in [3.05, 3.63) is 12.2 Å². The van der Waals surface area contributed by atoms with E-state index in [0.29, 0.717) is 37.7 Å². The smallest absolute Gasteiger partial charge is 0.306 e. The van der Waals surface area contributed by atoms with Crippen molar-refractivity contribution in [2.75, 3.05) is 6.61 Å². The molecule has 2 saturated heterocycles. The number of Topliss-reactive ketones (excluding diaryl/α,β-unsaturated/α-hetero) is 1. The summed E-state index contributed by atoms with van der Waals surface area (Å²) in [6.07, 6.45) is 2.11. The molecule has 2 spiro atoms. The van der Waals surface area contributed by atoms with Crippen LogP contribution in [0.1, 0.15) is 72.1 Å². The summed E-state index contributed by atoms with van der Waals surface area (Å²) in [4.78, 5) is 26.8. The van der Waals surface area contributed by atoms with Crippen LogP contribution in [0.4, 0.5) is 0 Å². The fourth-order valence-corrected chi connectivity index (χ4v) is 8.76. The normalized spacial score (nSPS) is 49.5. The Balaban J connectivity index is 1.64. The predicted octanol–water partition coefficient (Wildman–Crippen LogP) is 2.51. The number of aliphatic hydroxyl groups excluding tert-OH is 2. The van der Waals surface area contributed by atoms with Crippen LogP contribution in [0.2, 0.25) is 0 Å². The molecule has 184 valence electrons. The van der Waals surface area contributed by atoms with Crippen molar-refractivity contribution in [3.8, 4) is 0 Å². The molecule has 4 aliphatic carbocycles. The maximum Gasteiger partial charge on any atom is 0.306 e. The molecule has 0 amide bonds. The molecular weight excluding hydrogens is 424 g/mol. The lowest BCUT2D eigenvalue weighted by molar-refractivity contribution is -0.458. The van der Waals surface area contributed by atoms with E-state index < -0.39 is 58.7 Å². The van der Waals surface area contributed by atoms with Gasteiger partial charge in [-0.3, -0.25) is 9.59 Å². The highest BCUT2D eigenvalue weighted by Crippen LogP contribution is 2.76. The van der Waals surface area contributed by atoms with Gasteiger partial charge >= 0.3 is 5.97 Å². The van der Waals surface area contributed by atoms with Gasteiger partial charge in [-0.05, 0) is 49.0 Å². The maximum atomic E-state index is 14.0. The Morgan fingerprint density at radius 2 is 1.94 bits per heavy atom. The number of fused-ring (bicyclic) bond motifs is 2. The van der Waals surface area contributed by atoms with Gasteiger partial charge in [0, 0.05) is 23.7 Å². The zero-order valence-electron chi connectivity index (χ0n) is 20.0. The van der Waals surface area contributed by atoms with Crippen LogP contribution in [-0.2, 0) is 19.1 Å². The predicted molar refractivity (Wildman–Crippen MR) is 119 cm³/mol. The van der Waals surface area contributed by atoms with Gasteiger partial charge in [-0.1, -0.05) is 40.2 Å². The van der Waals surface area contributed by atoms with E-state index in [1.54, 1.807) is 0 Å². The Kier molecular flexibility index (Phi) is 5.23. The number of ether oxygens (including phenoxy) is 2. The summed E-state index contributed by atoms with van der Waals surface area (Å²) in [5, 5.41) is 35.2. The molecule has 3 N–H and O–H groups in total. The molecule has 33 heavy (non-hydrogen) atoms. The summed E-state index contributed by atoms with van der Waals surface area (Å²) in [5.41, 5.74) is -2.57. The Bertz CT molecular complexity index is 882. The number of carbonyl (C=O) groups excluding carboxylic acids is 2. The van der Waals surface area contributed by atoms with Crippen molar-refractivity contribution >= 4 is 11.8 Å². The molecule has 7 nitrogen and oxygen atoms in total. The van der Waals surface area contributed by atoms with Crippen molar-refractivity contribution in [1.29, 1.82) is 0 Å². The highest BCUT2D eigenvalue weighted by molar-refractivity contribution is 6.05. The Labute approximate surface area is 195 Å². The third kappa shape index (κ3) is 2.60. The van der Waals surface area contributed by atoms with Gasteiger partial charge in [-0.2, -0.15) is 0 Å². The number of aliphatic hydroxyl groups is 3. The standard InChI is InChI=1S/C26H38O7/c1-5-6-7-8-18(28)33-22-15-9-10-16-24-13-32-26(31,25(16,22)20(29)14(15)2)21(30)19(24)23(3,4)12-11-17(24)27/h15-17,19,21-22,27,30-31H,2,5-13H2,1,3-4H3/t15-,16?,17-,19+,21-,22+,24+,25-,26-/m0/s1. The van der Waals surface area contributed by atoms with Gasteiger partial charge in [0.2, 0.25) is 5.79 Å². The quantitative estimate of drug-likeness (QED) is 0.327. The molecule has 4 bridgehead atoms. The summed E-state index contributed by atoms with van der Waals surface area (Å²) >= 11 is 0. The van der Waals surface area contributed by atoms with Crippen molar-refractivity contribution in [3.63, 3.8) is 0 Å². The number of hydrogen-bond donors (Lipinski definition) is 3. The van der Waals surface area contributed by atoms with Crippen LogP contribution >= 0.6 is 0 Å². The minimum absolute atomic E-state index is 0.0732. The topological polar surface area (TPSA) is 113 Å². The van der Waals surface area contributed by atoms with Crippen LogP contribution < -0.4 is 0 Å². The number of carbonyl (C=O) groups is 2. The summed E-state index contributed by atoms with van der Waals surface area (Å²) in [6, 6.07) is 0. The fourth-order valence-electron chi connectivity index (χ4n) is 8.76. The number of rotatable bonds is 5. The third-order valence-corrected chi connectivity index (χ3v) is 10.1. The van der Waals surface area contributed by atoms with Crippen LogP contribution in [-0.4, -0.2) is 57.8 Å². The first-order chi connectivity index (χ1) is 15.5. The van der Waals surface area contributed by atoms with E-state index in [-0.39, 0.29) is 24.2 Å². The molecule has 0 aromatic rings. The van der Waals surface area contributed by atoms with Gasteiger partial charge in [0.15, 0.2) is 5.78 Å². The molecule has 6 fully saturated rings. The summed E-state index contributed by atoms with van der Waals surface area (Å²) in [7, 11) is 0. The molecule has 7 heteroatoms. The van der Waals surface area contributed by atoms with E-state index in [1.807, 2.05) is 0 Å². The van der Waals surface area contributed by atoms with E-state index in [1.165, 1.54) is 0 Å². The highest BCUT2D eigenvalue weighted by Gasteiger charge is 2.87. The maximum absolute atomic E-state index is 14.0. The van der Waals surface area contributed by atoms with Crippen LogP contribution in [0.15, 0.2) is 12.2 Å². The fraction of sp³-hybridized carbons (Fsp3) is 0.846. The number of unbranched alkanes of at least 4 members (excludes halogenated alkanes) is 2. The van der Waals surface area contributed by atoms with Crippen LogP contribution in [0.25, 0.3) is 0 Å². The first kappa shape index (κ1) is 23.5. The summed E-state index contributed by atoms with van der Waals surface area (Å²) < 4.78 is 12.0. The lowest BCUT2D eigenvalue weighted by atomic mass is 9.35. The molecular formula is C26H38O7. The van der Waals surface area contributed by atoms with Gasteiger partial charge < -0.3 is 24.8 Å². The molecule has 9 atom stereocenters. The number of hydrogen-bond acceptors (Lipinski definition) is 7. The first-order valence-corrected chi connectivity index (χ1v) is 12.7. The van der Waals surface area contributed by atoms with Crippen molar-refractivity contribution < 1.29 is 34.4 Å². The molecule has 4 saturated carbocycles. The largest absolute Gasteiger partial charge is 0.460 e. The van der Waals surface area contributed by atoms with Crippen molar-refractivity contribution in [2.45, 2.75) is 96.2 Å². The second kappa shape index (κ2) is 7.36. The molecule has 6 rings (SSSR count). The van der Waals surface area contributed by atoms with Gasteiger partial charge in [-0.15, -0.1) is 0 Å². The number of ketones is 1. The second-order valence-corrected chi connectivity index (χ2v) is 11.9. The molecule has 1 unspecified atom stereocenters. The molecule has 2 aliphatic heterocycles. The van der Waals surface area contributed by atoms with Gasteiger partial charge in [0.25, 0.3) is 0 Å². The summed E-state index contributed by atoms with van der Waals surface area (Å²) in [5.74, 6) is -4.30. The average Bonchev–Trinajstić information content (AvgIpc) is 2.87. The van der Waals surface area contributed by atoms with E-state index >= 15 is 0 Å². The van der Waals surface area contributed by atoms with Crippen molar-refractivity contribution in [1.82, 2.24) is 0 Å². The molecule has 2 heterocycles. The first-order valence-electron chi connectivity index (χ1n) is 12.7. The lowest BCUT2D eigenvalue weighted by Crippen LogP contribution is -2.85. The van der Waals surface area contributed by atoms with E-state index in [4.69, 9.17) is 9.47 Å². The van der Waals surface area contributed by atoms with Crippen LogP contribution in [0.5, 0.6) is 0 Å². The van der Waals surface area contributed by atoms with Gasteiger partial charge in [0.05, 0.1) is 12.7 Å². The van der Waals surface area contributed by atoms with E-state index in [9.17, 15) is 24.9 Å². The van der Waals surface area contributed by atoms with E-state index in [0.717, 1.165) is 12.8 Å². The monoisotopic (exact) mass is 462 g/mol. The molecule has 0 radical (unpaired) electrons. The molecule has 6 aliphatic rings. The summed E-state index contributed by atoms with van der Waals surface area (Å²) in [6.45, 7) is 10.3. The highest BCUT2D eigenvalue weighted by atomic mass is 16.6. The Morgan fingerprint density at radius 3 is 2.64 bits per heavy atom. The van der Waals surface area contributed by atoms with Gasteiger partial charge in [-0.25, -0.2) is 0 Å². The van der Waals surface area contributed by atoms with Crippen molar-refractivity contribution in [2.24, 2.45) is 34.0 Å². The minimum atomic E-state index is -2.19.